The first-order valence-electron chi connectivity index (χ1n) is 8.52. The fourth-order valence-corrected chi connectivity index (χ4v) is 0.806. The Hall–Kier alpha value is -1.31. The van der Waals surface area contributed by atoms with E-state index in [2.05, 4.69) is 51.4 Å². The summed E-state index contributed by atoms with van der Waals surface area (Å²) in [6, 6.07) is 0. The van der Waals surface area contributed by atoms with Crippen molar-refractivity contribution >= 4 is 5.91 Å². The van der Waals surface area contributed by atoms with Crippen LogP contribution in [0.4, 0.5) is 0 Å². The van der Waals surface area contributed by atoms with Gasteiger partial charge in [-0.05, 0) is 34.1 Å². The quantitative estimate of drug-likeness (QED) is 0.424. The van der Waals surface area contributed by atoms with Gasteiger partial charge in [-0.1, -0.05) is 72.3 Å². The minimum atomic E-state index is 0. The van der Waals surface area contributed by atoms with Crippen molar-refractivity contribution in [3.05, 3.63) is 36.5 Å². The van der Waals surface area contributed by atoms with E-state index in [4.69, 9.17) is 0 Å². The smallest absolute Gasteiger partial charge is 0.219 e. The van der Waals surface area contributed by atoms with Crippen LogP contribution >= 0.6 is 0 Å². The lowest BCUT2D eigenvalue weighted by Crippen LogP contribution is -2.22. The van der Waals surface area contributed by atoms with Crippen molar-refractivity contribution < 1.29 is 4.79 Å². The zero-order chi connectivity index (χ0) is 19.0. The van der Waals surface area contributed by atoms with Gasteiger partial charge in [0, 0.05) is 13.0 Å². The van der Waals surface area contributed by atoms with Crippen molar-refractivity contribution in [3.8, 4) is 0 Å². The average molecular weight is 330 g/mol. The first-order chi connectivity index (χ1) is 10.5. The first-order valence-corrected chi connectivity index (χ1v) is 8.52. The maximum atomic E-state index is 10.5. The maximum absolute atomic E-state index is 10.5. The van der Waals surface area contributed by atoms with E-state index in [0.29, 0.717) is 6.42 Å². The highest BCUT2D eigenvalue weighted by Gasteiger charge is 1.90. The third-order valence-corrected chi connectivity index (χ3v) is 2.10. The number of carbonyl (C=O) groups excluding carboxylic acids is 1. The summed E-state index contributed by atoms with van der Waals surface area (Å²) >= 11 is 0. The number of carbonyl (C=O) groups is 1. The van der Waals surface area contributed by atoms with Crippen LogP contribution in [0.5, 0.6) is 0 Å². The largest absolute Gasteiger partial charge is 0.356 e. The molecular formula is C21H47NO. The van der Waals surface area contributed by atoms with Gasteiger partial charge in [-0.15, -0.1) is 13.2 Å². The van der Waals surface area contributed by atoms with Gasteiger partial charge in [0.15, 0.2) is 0 Å². The summed E-state index contributed by atoms with van der Waals surface area (Å²) in [5.74, 6) is 0.145. The molecule has 0 unspecified atom stereocenters. The third kappa shape index (κ3) is 52.9. The van der Waals surface area contributed by atoms with Crippen LogP contribution in [-0.4, -0.2) is 12.5 Å². The molecule has 0 spiro atoms. The summed E-state index contributed by atoms with van der Waals surface area (Å²) in [4.78, 5) is 10.5. The fraction of sp³-hybridized carbons (Fsp3) is 0.667. The molecular weight excluding hydrogens is 282 g/mol. The molecule has 1 N–H and O–H groups in total. The molecule has 0 aromatic heterocycles. The second-order valence-electron chi connectivity index (χ2n) is 3.89. The Balaban J connectivity index is -0.0000000457. The summed E-state index contributed by atoms with van der Waals surface area (Å²) in [5, 5.41) is 2.74. The Morgan fingerprint density at radius 2 is 1.39 bits per heavy atom. The van der Waals surface area contributed by atoms with Crippen LogP contribution in [-0.2, 0) is 4.79 Å². The normalized spacial score (nSPS) is 7.22. The molecule has 0 fully saturated rings. The molecule has 0 saturated heterocycles. The predicted molar refractivity (Wildman–Crippen MR) is 113 cm³/mol. The minimum absolute atomic E-state index is 0. The molecule has 0 atom stereocenters. The second-order valence-corrected chi connectivity index (χ2v) is 3.89. The van der Waals surface area contributed by atoms with Crippen LogP contribution in [0.2, 0.25) is 0 Å². The lowest BCUT2D eigenvalue weighted by molar-refractivity contribution is -0.120. The van der Waals surface area contributed by atoms with E-state index >= 15 is 0 Å². The monoisotopic (exact) mass is 329 g/mol. The second kappa shape index (κ2) is 42.8. The van der Waals surface area contributed by atoms with Gasteiger partial charge < -0.3 is 5.32 Å². The average Bonchev–Trinajstić information content (AvgIpc) is 2.58. The number of amides is 1. The summed E-state index contributed by atoms with van der Waals surface area (Å²) in [6.07, 6.45) is 5.80. The molecule has 0 aromatic carbocycles. The molecule has 23 heavy (non-hydrogen) atoms. The molecule has 0 aliphatic heterocycles. The van der Waals surface area contributed by atoms with E-state index in [1.807, 2.05) is 48.5 Å². The zero-order valence-electron chi connectivity index (χ0n) is 17.1. The summed E-state index contributed by atoms with van der Waals surface area (Å²) in [7, 11) is 0. The van der Waals surface area contributed by atoms with E-state index in [1.165, 1.54) is 11.1 Å². The molecule has 0 bridgehead atoms. The first kappa shape index (κ1) is 37.7. The Kier molecular flexibility index (Phi) is 70.2. The van der Waals surface area contributed by atoms with Crippen molar-refractivity contribution in [3.63, 3.8) is 0 Å². The van der Waals surface area contributed by atoms with Gasteiger partial charge in [-0.3, -0.25) is 4.79 Å². The van der Waals surface area contributed by atoms with Crippen LogP contribution in [0.15, 0.2) is 36.5 Å². The Labute approximate surface area is 149 Å². The van der Waals surface area contributed by atoms with Crippen LogP contribution in [0.25, 0.3) is 0 Å². The van der Waals surface area contributed by atoms with E-state index in [-0.39, 0.29) is 13.3 Å². The van der Waals surface area contributed by atoms with Crippen molar-refractivity contribution in [1.29, 1.82) is 0 Å². The van der Waals surface area contributed by atoms with Gasteiger partial charge >= 0.3 is 0 Å². The standard InChI is InChI=1S/C8H14.C6H13NO.2C2H6.C2H4.CH4/c1-5-6-8(4)7(2)3;1-3-5-7-6(8)4-2;3*1-2;/h5-6H,1-4H3;3-5H2,1-2H3,(H,7,8);2*1-2H3;1-2H2;1H4/b6-5-;;;;;. The Morgan fingerprint density at radius 1 is 1.00 bits per heavy atom. The highest BCUT2D eigenvalue weighted by molar-refractivity contribution is 5.75. The number of hydrogen-bond acceptors (Lipinski definition) is 1. The van der Waals surface area contributed by atoms with Gasteiger partial charge in [0.1, 0.15) is 0 Å². The van der Waals surface area contributed by atoms with Gasteiger partial charge in [-0.2, -0.15) is 0 Å². The van der Waals surface area contributed by atoms with Gasteiger partial charge in [0.25, 0.3) is 0 Å². The van der Waals surface area contributed by atoms with Crippen molar-refractivity contribution in [2.45, 2.75) is 89.5 Å². The van der Waals surface area contributed by atoms with Crippen LogP contribution in [0, 0.1) is 0 Å². The molecule has 1 amide bonds. The molecule has 0 rings (SSSR count). The number of rotatable bonds is 4. The Morgan fingerprint density at radius 3 is 1.57 bits per heavy atom. The highest BCUT2D eigenvalue weighted by Crippen LogP contribution is 2.01. The molecule has 0 aliphatic carbocycles. The lowest BCUT2D eigenvalue weighted by atomic mass is 10.2. The van der Waals surface area contributed by atoms with E-state index < -0.39 is 0 Å². The highest BCUT2D eigenvalue weighted by atomic mass is 16.1. The topological polar surface area (TPSA) is 29.1 Å². The van der Waals surface area contributed by atoms with Crippen LogP contribution < -0.4 is 5.32 Å². The van der Waals surface area contributed by atoms with Gasteiger partial charge in [0.05, 0.1) is 0 Å². The summed E-state index contributed by atoms with van der Waals surface area (Å²) < 4.78 is 0. The van der Waals surface area contributed by atoms with Crippen LogP contribution in [0.3, 0.4) is 0 Å². The minimum Gasteiger partial charge on any atom is -0.356 e. The number of allylic oxidation sites excluding steroid dienone is 4. The fourth-order valence-electron chi connectivity index (χ4n) is 0.806. The molecule has 0 aromatic rings. The molecule has 0 radical (unpaired) electrons. The van der Waals surface area contributed by atoms with Crippen molar-refractivity contribution in [1.82, 2.24) is 5.32 Å². The summed E-state index contributed by atoms with van der Waals surface area (Å²) in [5.41, 5.74) is 2.76. The molecule has 2 heteroatoms. The zero-order valence-corrected chi connectivity index (χ0v) is 17.1. The van der Waals surface area contributed by atoms with Gasteiger partial charge in [-0.25, -0.2) is 0 Å². The molecule has 2 nitrogen and oxygen atoms in total. The molecule has 142 valence electrons. The Bertz CT molecular complexity index is 249. The maximum Gasteiger partial charge on any atom is 0.219 e. The van der Waals surface area contributed by atoms with E-state index in [0.717, 1.165) is 13.0 Å². The van der Waals surface area contributed by atoms with E-state index in [1.54, 1.807) is 0 Å². The molecule has 0 aliphatic rings. The third-order valence-electron chi connectivity index (χ3n) is 2.10. The lowest BCUT2D eigenvalue weighted by Gasteiger charge is -1.97. The molecule has 0 saturated carbocycles. The van der Waals surface area contributed by atoms with Crippen LogP contribution in [0.1, 0.15) is 89.5 Å². The summed E-state index contributed by atoms with van der Waals surface area (Å²) in [6.45, 7) is 27.1. The predicted octanol–water partition coefficient (Wildman–Crippen LogP) is 7.33. The van der Waals surface area contributed by atoms with Crippen molar-refractivity contribution in [2.75, 3.05) is 6.54 Å². The molecule has 0 heterocycles. The SMILES string of the molecule is C.C/C=C\C(C)=C(C)C.C=C.CC.CC.CCCNC(=O)CC. The van der Waals surface area contributed by atoms with Crippen molar-refractivity contribution in [2.24, 2.45) is 0 Å². The number of nitrogens with one attached hydrogen (secondary N) is 1. The number of hydrogen-bond donors (Lipinski definition) is 1. The van der Waals surface area contributed by atoms with E-state index in [9.17, 15) is 4.79 Å². The van der Waals surface area contributed by atoms with Gasteiger partial charge in [0.2, 0.25) is 5.91 Å².